The van der Waals surface area contributed by atoms with Crippen molar-refractivity contribution < 1.29 is 41.8 Å². The Morgan fingerprint density at radius 1 is 0.967 bits per heavy atom. The number of hydrogen-bond donors (Lipinski definition) is 2. The number of rotatable bonds is 8. The Bertz CT molecular complexity index is 815. The van der Waals surface area contributed by atoms with Crippen LogP contribution in [-0.2, 0) is 19.1 Å². The van der Waals surface area contributed by atoms with Gasteiger partial charge in [0.25, 0.3) is 5.78 Å². The molecule has 1 aromatic rings. The van der Waals surface area contributed by atoms with Gasteiger partial charge in [0.2, 0.25) is 5.91 Å². The highest BCUT2D eigenvalue weighted by atomic mass is 19.4. The molecule has 30 heavy (non-hydrogen) atoms. The van der Waals surface area contributed by atoms with Crippen LogP contribution in [0.1, 0.15) is 34.6 Å². The van der Waals surface area contributed by atoms with Crippen LogP contribution in [0.25, 0.3) is 0 Å². The molecule has 0 aliphatic carbocycles. The van der Waals surface area contributed by atoms with Gasteiger partial charge in [-0.3, -0.25) is 9.59 Å². The highest BCUT2D eigenvalue weighted by Crippen LogP contribution is 2.19. The maximum atomic E-state index is 12.6. The minimum Gasteiger partial charge on any atom is -0.465 e. The summed E-state index contributed by atoms with van der Waals surface area (Å²) in [5, 5.41) is 4.92. The lowest BCUT2D eigenvalue weighted by molar-refractivity contribution is -0.165. The number of nitrogens with one attached hydrogen (secondary N) is 2. The van der Waals surface area contributed by atoms with E-state index in [0.717, 1.165) is 20.4 Å². The van der Waals surface area contributed by atoms with Crippen LogP contribution < -0.4 is 10.6 Å². The van der Waals surface area contributed by atoms with Crippen molar-refractivity contribution in [3.8, 4) is 0 Å². The number of ether oxygens (including phenoxy) is 2. The third kappa shape index (κ3) is 6.90. The van der Waals surface area contributed by atoms with Crippen LogP contribution in [0.3, 0.4) is 0 Å². The highest BCUT2D eigenvalue weighted by Gasteiger charge is 2.36. The van der Waals surface area contributed by atoms with E-state index in [4.69, 9.17) is 0 Å². The lowest BCUT2D eigenvalue weighted by Gasteiger charge is -2.21. The molecule has 8 nitrogen and oxygen atoms in total. The number of methoxy groups -OCH3 is 2. The Morgan fingerprint density at radius 2 is 1.47 bits per heavy atom. The molecule has 0 spiro atoms. The number of amides is 1. The summed E-state index contributed by atoms with van der Waals surface area (Å²) in [6.07, 6.45) is -4.01. The smallest absolute Gasteiger partial charge is 0.454 e. The van der Waals surface area contributed by atoms with Gasteiger partial charge in [0.1, 0.15) is 6.04 Å². The molecule has 0 aromatic heterocycles. The Labute approximate surface area is 170 Å². The molecule has 0 saturated heterocycles. The van der Waals surface area contributed by atoms with E-state index in [1.807, 2.05) is 0 Å². The SMILES string of the molecule is COC(=O)c1cc(NC(=O)C(NC=CC(=O)C(F)(F)F)C(C)C)cc(C(=O)OC)c1. The van der Waals surface area contributed by atoms with Gasteiger partial charge in [-0.25, -0.2) is 9.59 Å². The summed E-state index contributed by atoms with van der Waals surface area (Å²) < 4.78 is 46.0. The number of anilines is 1. The van der Waals surface area contributed by atoms with Gasteiger partial charge < -0.3 is 20.1 Å². The van der Waals surface area contributed by atoms with Crippen LogP contribution in [0.15, 0.2) is 30.5 Å². The van der Waals surface area contributed by atoms with Crippen molar-refractivity contribution in [3.63, 3.8) is 0 Å². The number of hydrogen-bond acceptors (Lipinski definition) is 7. The molecular formula is C19H21F3N2O6. The molecule has 0 aliphatic rings. The lowest BCUT2D eigenvalue weighted by atomic mass is 10.0. The van der Waals surface area contributed by atoms with Gasteiger partial charge in [0.05, 0.1) is 25.3 Å². The molecule has 1 unspecified atom stereocenters. The van der Waals surface area contributed by atoms with E-state index in [0.29, 0.717) is 0 Å². The molecule has 164 valence electrons. The molecule has 0 saturated carbocycles. The average molecular weight is 430 g/mol. The van der Waals surface area contributed by atoms with Crippen molar-refractivity contribution in [2.24, 2.45) is 5.92 Å². The second-order valence-electron chi connectivity index (χ2n) is 6.36. The molecule has 0 radical (unpaired) electrons. The third-order valence-electron chi connectivity index (χ3n) is 3.78. The first-order valence-electron chi connectivity index (χ1n) is 8.57. The van der Waals surface area contributed by atoms with E-state index < -0.39 is 35.8 Å². The second kappa shape index (κ2) is 10.4. The number of esters is 2. The maximum Gasteiger partial charge on any atom is 0.454 e. The van der Waals surface area contributed by atoms with E-state index >= 15 is 0 Å². The molecule has 0 aliphatic heterocycles. The zero-order valence-electron chi connectivity index (χ0n) is 16.6. The van der Waals surface area contributed by atoms with E-state index in [9.17, 15) is 32.3 Å². The van der Waals surface area contributed by atoms with E-state index in [-0.39, 0.29) is 28.8 Å². The second-order valence-corrected chi connectivity index (χ2v) is 6.36. The van der Waals surface area contributed by atoms with Crippen LogP contribution in [0, 0.1) is 5.92 Å². The number of carbonyl (C=O) groups is 4. The summed E-state index contributed by atoms with van der Waals surface area (Å²) in [5.74, 6) is -4.66. The Kier molecular flexibility index (Phi) is 8.57. The number of ketones is 1. The summed E-state index contributed by atoms with van der Waals surface area (Å²) in [4.78, 5) is 47.1. The van der Waals surface area contributed by atoms with Crippen molar-refractivity contribution in [1.82, 2.24) is 5.32 Å². The first-order chi connectivity index (χ1) is 13.9. The zero-order valence-corrected chi connectivity index (χ0v) is 16.6. The zero-order chi connectivity index (χ0) is 23.1. The fourth-order valence-corrected chi connectivity index (χ4v) is 2.28. The Morgan fingerprint density at radius 3 is 1.87 bits per heavy atom. The molecule has 1 rings (SSSR count). The van der Waals surface area contributed by atoms with Crippen LogP contribution >= 0.6 is 0 Å². The molecule has 11 heteroatoms. The van der Waals surface area contributed by atoms with Gasteiger partial charge in [-0.1, -0.05) is 13.8 Å². The highest BCUT2D eigenvalue weighted by molar-refractivity contribution is 6.01. The average Bonchev–Trinajstić information content (AvgIpc) is 2.68. The monoisotopic (exact) mass is 430 g/mol. The number of benzene rings is 1. The van der Waals surface area contributed by atoms with Crippen LogP contribution in [0.5, 0.6) is 0 Å². The van der Waals surface area contributed by atoms with Crippen LogP contribution in [-0.4, -0.2) is 50.1 Å². The van der Waals surface area contributed by atoms with Crippen molar-refractivity contribution in [3.05, 3.63) is 41.6 Å². The molecular weight excluding hydrogens is 409 g/mol. The minimum absolute atomic E-state index is 0.0274. The number of carbonyl (C=O) groups excluding carboxylic acids is 4. The van der Waals surface area contributed by atoms with Gasteiger partial charge in [0.15, 0.2) is 0 Å². The molecule has 0 bridgehead atoms. The molecule has 0 heterocycles. The predicted molar refractivity (Wildman–Crippen MR) is 99.7 cm³/mol. The van der Waals surface area contributed by atoms with Gasteiger partial charge in [0, 0.05) is 18.0 Å². The summed E-state index contributed by atoms with van der Waals surface area (Å²) in [6.45, 7) is 3.25. The number of halogens is 3. The summed E-state index contributed by atoms with van der Waals surface area (Å²) in [7, 11) is 2.28. The fraction of sp³-hybridized carbons (Fsp3) is 0.368. The molecule has 1 atom stereocenters. The van der Waals surface area contributed by atoms with Gasteiger partial charge in [-0.05, 0) is 24.1 Å². The largest absolute Gasteiger partial charge is 0.465 e. The fourth-order valence-electron chi connectivity index (χ4n) is 2.28. The Balaban J connectivity index is 3.09. The summed E-state index contributed by atoms with van der Waals surface area (Å²) >= 11 is 0. The lowest BCUT2D eigenvalue weighted by Crippen LogP contribution is -2.42. The molecule has 1 amide bonds. The quantitative estimate of drug-likeness (QED) is 0.481. The van der Waals surface area contributed by atoms with Crippen LogP contribution in [0.2, 0.25) is 0 Å². The van der Waals surface area contributed by atoms with Crippen LogP contribution in [0.4, 0.5) is 18.9 Å². The van der Waals surface area contributed by atoms with Crippen molar-refractivity contribution in [2.75, 3.05) is 19.5 Å². The van der Waals surface area contributed by atoms with E-state index in [2.05, 4.69) is 20.1 Å². The minimum atomic E-state index is -5.02. The first-order valence-corrected chi connectivity index (χ1v) is 8.57. The standard InChI is InChI=1S/C19H21F3N2O6/c1-10(2)15(23-6-5-14(25)19(20,21)22)16(26)24-13-8-11(17(27)29-3)7-12(9-13)18(28)30-4/h5-10,15,23H,1-4H3,(H,24,26). The van der Waals surface area contributed by atoms with Crippen molar-refractivity contribution >= 4 is 29.3 Å². The van der Waals surface area contributed by atoms with Gasteiger partial charge in [-0.2, -0.15) is 13.2 Å². The van der Waals surface area contributed by atoms with E-state index in [1.165, 1.54) is 18.2 Å². The van der Waals surface area contributed by atoms with Crippen molar-refractivity contribution in [1.29, 1.82) is 0 Å². The van der Waals surface area contributed by atoms with Crippen molar-refractivity contribution in [2.45, 2.75) is 26.1 Å². The third-order valence-corrected chi connectivity index (χ3v) is 3.78. The molecule has 1 aromatic carbocycles. The molecule has 0 fully saturated rings. The first kappa shape index (κ1) is 24.7. The summed E-state index contributed by atoms with van der Waals surface area (Å²) in [5.41, 5.74) is 0.00643. The summed E-state index contributed by atoms with van der Waals surface area (Å²) in [6, 6.07) is 2.72. The predicted octanol–water partition coefficient (Wildman–Crippen LogP) is 2.46. The normalized spacial score (nSPS) is 12.4. The topological polar surface area (TPSA) is 111 Å². The number of alkyl halides is 3. The maximum absolute atomic E-state index is 12.6. The molecule has 2 N–H and O–H groups in total. The Hall–Kier alpha value is -3.37. The van der Waals surface area contributed by atoms with Gasteiger partial charge >= 0.3 is 18.1 Å². The van der Waals surface area contributed by atoms with Gasteiger partial charge in [-0.15, -0.1) is 0 Å². The number of allylic oxidation sites excluding steroid dienone is 1. The van der Waals surface area contributed by atoms with E-state index in [1.54, 1.807) is 13.8 Å².